The minimum Gasteiger partial charge on any atom is -0.338 e. The Morgan fingerprint density at radius 2 is 1.74 bits per heavy atom. The lowest BCUT2D eigenvalue weighted by Gasteiger charge is -2.10. The molecule has 0 radical (unpaired) electrons. The molecule has 1 heterocycles. The van der Waals surface area contributed by atoms with Gasteiger partial charge in [-0.05, 0) is 35.9 Å². The van der Waals surface area contributed by atoms with Crippen LogP contribution in [0.1, 0.15) is 10.4 Å². The number of benzene rings is 3. The van der Waals surface area contributed by atoms with Gasteiger partial charge in [-0.3, -0.25) is 4.79 Å². The zero-order valence-electron chi connectivity index (χ0n) is 14.1. The summed E-state index contributed by atoms with van der Waals surface area (Å²) in [6.45, 7) is 0. The molecule has 27 heavy (non-hydrogen) atoms. The second kappa shape index (κ2) is 7.03. The van der Waals surface area contributed by atoms with Crippen LogP contribution in [0, 0.1) is 0 Å². The van der Waals surface area contributed by atoms with Crippen LogP contribution in [-0.2, 0) is 0 Å². The molecule has 0 unspecified atom stereocenters. The van der Waals surface area contributed by atoms with Gasteiger partial charge in [-0.15, -0.1) is 0 Å². The summed E-state index contributed by atoms with van der Waals surface area (Å²) in [5, 5.41) is 6.47. The van der Waals surface area contributed by atoms with Gasteiger partial charge in [0, 0.05) is 16.0 Å². The molecule has 0 spiro atoms. The second-order valence-electron chi connectivity index (χ2n) is 5.81. The highest BCUT2D eigenvalue weighted by Gasteiger charge is 2.14. The predicted octanol–water partition coefficient (Wildman–Crippen LogP) is 5.42. The van der Waals surface area contributed by atoms with Crippen molar-refractivity contribution in [3.8, 4) is 11.4 Å². The van der Waals surface area contributed by atoms with Gasteiger partial charge >= 0.3 is 0 Å². The van der Waals surface area contributed by atoms with E-state index in [1.165, 1.54) is 0 Å². The van der Waals surface area contributed by atoms with Gasteiger partial charge in [-0.2, -0.15) is 0 Å². The lowest BCUT2D eigenvalue weighted by Crippen LogP contribution is -2.12. The first-order chi connectivity index (χ1) is 13.3. The first-order valence-corrected chi connectivity index (χ1v) is 8.26. The van der Waals surface area contributed by atoms with Gasteiger partial charge in [0.1, 0.15) is 5.82 Å². The lowest BCUT2D eigenvalue weighted by molar-refractivity contribution is 0.102. The Labute approximate surface area is 154 Å². The van der Waals surface area contributed by atoms with Crippen molar-refractivity contribution in [3.05, 3.63) is 88.8 Å². The molecule has 0 fully saturated rings. The number of anilines is 1. The average molecular weight is 354 g/mol. The summed E-state index contributed by atoms with van der Waals surface area (Å²) in [6.07, 6.45) is 0. The maximum absolute atomic E-state index is 12.7. The largest absolute Gasteiger partial charge is 0.338 e. The summed E-state index contributed by atoms with van der Waals surface area (Å²) >= 11 is 0. The molecule has 0 aliphatic carbocycles. The standard InChI is InChI=1S/C20H14N6O/c21-26-25-16-10-4-2-8-14(16)20(27)24-15-9-3-1-7-13(15)19-22-17-11-5-6-12-18(17)23-19/h1-12H,(H,22,23)(H,24,27). The van der Waals surface area contributed by atoms with Gasteiger partial charge in [-0.1, -0.05) is 47.6 Å². The third kappa shape index (κ3) is 3.22. The number of hydrogen-bond donors (Lipinski definition) is 2. The fraction of sp³-hybridized carbons (Fsp3) is 0. The molecule has 1 amide bonds. The Hall–Kier alpha value is -4.09. The molecule has 0 bridgehead atoms. The summed E-state index contributed by atoms with van der Waals surface area (Å²) in [4.78, 5) is 23.4. The van der Waals surface area contributed by atoms with E-state index in [9.17, 15) is 4.79 Å². The van der Waals surface area contributed by atoms with E-state index in [2.05, 4.69) is 25.3 Å². The number of H-pyrrole nitrogens is 1. The maximum atomic E-state index is 12.7. The molecule has 0 saturated carbocycles. The van der Waals surface area contributed by atoms with Crippen molar-refractivity contribution in [1.29, 1.82) is 0 Å². The Kier molecular flexibility index (Phi) is 4.27. The number of aromatic amines is 1. The van der Waals surface area contributed by atoms with E-state index in [0.717, 1.165) is 16.6 Å². The summed E-state index contributed by atoms with van der Waals surface area (Å²) in [5.74, 6) is 0.303. The quantitative estimate of drug-likeness (QED) is 0.290. The molecule has 0 saturated heterocycles. The molecule has 0 aliphatic rings. The molecular weight excluding hydrogens is 340 g/mol. The van der Waals surface area contributed by atoms with Crippen LogP contribution in [0.15, 0.2) is 77.9 Å². The number of azide groups is 1. The molecule has 7 nitrogen and oxygen atoms in total. The van der Waals surface area contributed by atoms with Crippen molar-refractivity contribution in [2.24, 2.45) is 5.11 Å². The number of nitrogens with zero attached hydrogens (tertiary/aromatic N) is 4. The fourth-order valence-electron chi connectivity index (χ4n) is 2.87. The molecule has 130 valence electrons. The number of hydrogen-bond acceptors (Lipinski definition) is 3. The van der Waals surface area contributed by atoms with Gasteiger partial charge < -0.3 is 10.3 Å². The van der Waals surface area contributed by atoms with E-state index < -0.39 is 0 Å². The first kappa shape index (κ1) is 16.4. The third-order valence-electron chi connectivity index (χ3n) is 4.12. The maximum Gasteiger partial charge on any atom is 0.256 e. The number of imidazole rings is 1. The van der Waals surface area contributed by atoms with E-state index in [4.69, 9.17) is 5.53 Å². The van der Waals surface area contributed by atoms with E-state index in [1.807, 2.05) is 42.5 Å². The van der Waals surface area contributed by atoms with Gasteiger partial charge in [0.15, 0.2) is 0 Å². The highest BCUT2D eigenvalue weighted by molar-refractivity contribution is 6.09. The predicted molar refractivity (Wildman–Crippen MR) is 105 cm³/mol. The van der Waals surface area contributed by atoms with Crippen LogP contribution in [0.25, 0.3) is 32.9 Å². The van der Waals surface area contributed by atoms with Crippen LogP contribution in [0.4, 0.5) is 11.4 Å². The Bertz CT molecular complexity index is 1160. The highest BCUT2D eigenvalue weighted by Crippen LogP contribution is 2.29. The van der Waals surface area contributed by atoms with E-state index in [-0.39, 0.29) is 11.6 Å². The number of carbonyl (C=O) groups excluding carboxylic acids is 1. The summed E-state index contributed by atoms with van der Waals surface area (Å²) in [5.41, 5.74) is 12.4. The molecular formula is C20H14N6O. The molecule has 1 aromatic heterocycles. The van der Waals surface area contributed by atoms with E-state index >= 15 is 0 Å². The number of rotatable bonds is 4. The second-order valence-corrected chi connectivity index (χ2v) is 5.81. The van der Waals surface area contributed by atoms with Crippen LogP contribution in [-0.4, -0.2) is 15.9 Å². The van der Waals surface area contributed by atoms with Crippen LogP contribution in [0.3, 0.4) is 0 Å². The number of nitrogens with one attached hydrogen (secondary N) is 2. The monoisotopic (exact) mass is 354 g/mol. The van der Waals surface area contributed by atoms with E-state index in [1.54, 1.807) is 30.3 Å². The van der Waals surface area contributed by atoms with Crippen molar-refractivity contribution in [1.82, 2.24) is 9.97 Å². The Morgan fingerprint density at radius 1 is 1.00 bits per heavy atom. The van der Waals surface area contributed by atoms with Gasteiger partial charge in [0.25, 0.3) is 5.91 Å². The highest BCUT2D eigenvalue weighted by atomic mass is 16.1. The minimum absolute atomic E-state index is 0.277. The molecule has 4 aromatic rings. The normalized spacial score (nSPS) is 10.4. The zero-order valence-corrected chi connectivity index (χ0v) is 14.1. The van der Waals surface area contributed by atoms with Gasteiger partial charge in [0.2, 0.25) is 0 Å². The fourth-order valence-corrected chi connectivity index (χ4v) is 2.87. The van der Waals surface area contributed by atoms with Crippen LogP contribution in [0.2, 0.25) is 0 Å². The number of carbonyl (C=O) groups is 1. The molecule has 0 atom stereocenters. The van der Waals surface area contributed by atoms with Crippen molar-refractivity contribution in [2.45, 2.75) is 0 Å². The number of aromatic nitrogens is 2. The molecule has 4 rings (SSSR count). The lowest BCUT2D eigenvalue weighted by atomic mass is 10.1. The summed E-state index contributed by atoms with van der Waals surface area (Å²) < 4.78 is 0. The Morgan fingerprint density at radius 3 is 2.59 bits per heavy atom. The van der Waals surface area contributed by atoms with Gasteiger partial charge in [-0.25, -0.2) is 4.98 Å². The van der Waals surface area contributed by atoms with Crippen molar-refractivity contribution >= 4 is 28.3 Å². The van der Waals surface area contributed by atoms with Crippen molar-refractivity contribution in [3.63, 3.8) is 0 Å². The number of para-hydroxylation sites is 3. The van der Waals surface area contributed by atoms with Crippen LogP contribution < -0.4 is 5.32 Å². The van der Waals surface area contributed by atoms with Crippen LogP contribution in [0.5, 0.6) is 0 Å². The average Bonchev–Trinajstić information content (AvgIpc) is 3.13. The minimum atomic E-state index is -0.360. The summed E-state index contributed by atoms with van der Waals surface area (Å²) in [7, 11) is 0. The molecule has 2 N–H and O–H groups in total. The summed E-state index contributed by atoms with van der Waals surface area (Å²) in [6, 6.07) is 21.8. The first-order valence-electron chi connectivity index (χ1n) is 8.26. The smallest absolute Gasteiger partial charge is 0.256 e. The van der Waals surface area contributed by atoms with Gasteiger partial charge in [0.05, 0.1) is 22.4 Å². The SMILES string of the molecule is [N-]=[N+]=Nc1ccccc1C(=O)Nc1ccccc1-c1nc2ccccc2[nH]1. The number of fused-ring (bicyclic) bond motifs is 1. The number of amides is 1. The molecule has 3 aromatic carbocycles. The molecule has 0 aliphatic heterocycles. The van der Waals surface area contributed by atoms with Crippen molar-refractivity contribution in [2.75, 3.05) is 5.32 Å². The zero-order chi connectivity index (χ0) is 18.6. The molecule has 7 heteroatoms. The van der Waals surface area contributed by atoms with Crippen LogP contribution >= 0.6 is 0 Å². The van der Waals surface area contributed by atoms with E-state index in [0.29, 0.717) is 17.1 Å². The Balaban J connectivity index is 1.72. The third-order valence-corrected chi connectivity index (χ3v) is 4.12. The van der Waals surface area contributed by atoms with Crippen molar-refractivity contribution < 1.29 is 4.79 Å². The topological polar surface area (TPSA) is 107 Å².